The van der Waals surface area contributed by atoms with Gasteiger partial charge in [0.05, 0.1) is 6.61 Å². The topological polar surface area (TPSA) is 20.2 Å². The molecule has 77 heavy (non-hydrogen) atoms. The first-order valence-electron chi connectivity index (χ1n) is 27.4. The third-order valence-electron chi connectivity index (χ3n) is 13.4. The van der Waals surface area contributed by atoms with Crippen LogP contribution in [0.3, 0.4) is 0 Å². The van der Waals surface area contributed by atoms with Gasteiger partial charge in [-0.3, -0.25) is 0 Å². The van der Waals surface area contributed by atoms with Gasteiger partial charge in [0.25, 0.3) is 0 Å². The third kappa shape index (κ3) is 15.9. The van der Waals surface area contributed by atoms with Gasteiger partial charge in [-0.1, -0.05) is 319 Å². The van der Waals surface area contributed by atoms with Crippen LogP contribution in [0.2, 0.25) is 0 Å². The summed E-state index contributed by atoms with van der Waals surface area (Å²) in [4.78, 5) is 0. The van der Waals surface area contributed by atoms with E-state index in [4.69, 9.17) is 5.11 Å². The average molecular weight is 1000 g/mol. The molecule has 0 atom stereocenters. The lowest BCUT2D eigenvalue weighted by atomic mass is 9.88. The van der Waals surface area contributed by atoms with Crippen LogP contribution in [-0.4, -0.2) is 11.7 Å². The molecule has 0 amide bonds. The Bertz CT molecular complexity index is 3170. The van der Waals surface area contributed by atoms with Crippen LogP contribution in [0.5, 0.6) is 0 Å². The Balaban J connectivity index is 0.000000168. The number of allylic oxidation sites excluding steroid dienone is 5. The van der Waals surface area contributed by atoms with E-state index >= 15 is 0 Å². The fourth-order valence-corrected chi connectivity index (χ4v) is 9.77. The Morgan fingerprint density at radius 3 is 0.753 bits per heavy atom. The summed E-state index contributed by atoms with van der Waals surface area (Å²) in [5, 5.41) is 8.96. The summed E-state index contributed by atoms with van der Waals surface area (Å²) in [6, 6.07) is 90.3. The normalized spacial score (nSPS) is 12.2. The van der Waals surface area contributed by atoms with E-state index in [0.717, 1.165) is 31.2 Å². The molecule has 1 nitrogen and oxygen atoms in total. The average Bonchev–Trinajstić information content (AvgIpc) is 3.50. The lowest BCUT2D eigenvalue weighted by Gasteiger charge is -2.16. The Kier molecular flexibility index (Phi) is 22.4. The predicted octanol–water partition coefficient (Wildman–Crippen LogP) is 20.6. The Morgan fingerprint density at radius 1 is 0.286 bits per heavy atom. The number of rotatable bonds is 17. The maximum absolute atomic E-state index is 8.96. The standard InChI is InChI=1S/C26H26.C25H24O.C25H24/c1-3-5-12-21-17-19-24(20-18-21)26(23-15-10-7-11-16-23)25(4-2)22-13-8-6-9-14-22;1-2-24(21-11-5-3-6-12-21)25(22-13-7-4-8-14-22)23-17-15-20(16-18-23)10-9-19-26;1-3-11-20-16-18-23(19-17-20)25(22-14-9-6-10-15-22)24(4-2)21-12-7-5-8-13-21/h5-20H,3-4H2,1-2H3;3-18,26H,2,19H2,1H3;3,5-19H,4H2,1-2H3/b12-5+,26-25-;10-9+,25-24-;11-3+,25-24-. The van der Waals surface area contributed by atoms with E-state index < -0.39 is 0 Å². The number of benzene rings is 9. The first-order valence-corrected chi connectivity index (χ1v) is 27.4. The lowest BCUT2D eigenvalue weighted by molar-refractivity contribution is 0.343. The molecule has 9 rings (SSSR count). The molecule has 0 aliphatic heterocycles. The van der Waals surface area contributed by atoms with Crippen LogP contribution >= 0.6 is 0 Å². The first kappa shape index (κ1) is 56.1. The zero-order chi connectivity index (χ0) is 53.9. The second-order valence-corrected chi connectivity index (χ2v) is 18.6. The summed E-state index contributed by atoms with van der Waals surface area (Å²) in [6.45, 7) is 11.0. The van der Waals surface area contributed by atoms with Crippen molar-refractivity contribution in [2.24, 2.45) is 0 Å². The molecular formula is C76H74O. The van der Waals surface area contributed by atoms with Gasteiger partial charge in [-0.2, -0.15) is 0 Å². The van der Waals surface area contributed by atoms with Crippen molar-refractivity contribution in [3.05, 3.63) is 340 Å². The van der Waals surface area contributed by atoms with Gasteiger partial charge in [-0.25, -0.2) is 0 Å². The van der Waals surface area contributed by atoms with Crippen LogP contribution in [0, 0.1) is 0 Å². The molecule has 9 aromatic carbocycles. The van der Waals surface area contributed by atoms with Crippen molar-refractivity contribution in [2.75, 3.05) is 6.61 Å². The first-order chi connectivity index (χ1) is 38.0. The van der Waals surface area contributed by atoms with E-state index in [1.54, 1.807) is 6.08 Å². The van der Waals surface area contributed by atoms with Crippen molar-refractivity contribution in [1.82, 2.24) is 0 Å². The molecule has 0 bridgehead atoms. The highest BCUT2D eigenvalue weighted by Gasteiger charge is 2.15. The summed E-state index contributed by atoms with van der Waals surface area (Å²) < 4.78 is 0. The van der Waals surface area contributed by atoms with E-state index in [1.165, 1.54) is 94.6 Å². The summed E-state index contributed by atoms with van der Waals surface area (Å²) in [6.07, 6.45) is 16.3. The maximum atomic E-state index is 8.96. The molecular weight excluding hydrogens is 929 g/mol. The fourth-order valence-electron chi connectivity index (χ4n) is 9.77. The van der Waals surface area contributed by atoms with E-state index in [-0.39, 0.29) is 6.61 Å². The monoisotopic (exact) mass is 1000 g/mol. The Labute approximate surface area is 461 Å². The molecule has 0 radical (unpaired) electrons. The summed E-state index contributed by atoms with van der Waals surface area (Å²) >= 11 is 0. The molecule has 0 aromatic heterocycles. The minimum Gasteiger partial charge on any atom is -0.392 e. The zero-order valence-electron chi connectivity index (χ0n) is 45.7. The SMILES string of the molecule is C/C=C/c1ccc(/C(=C(/CC)c2ccccc2)c2ccccc2)cc1.CC/C(=C(\c1ccccc1)c1ccc(/C=C/CO)cc1)c1ccccc1.CC/C=C/c1ccc(/C(=C(/CC)c2ccccc2)c2ccccc2)cc1. The van der Waals surface area contributed by atoms with Crippen molar-refractivity contribution in [2.45, 2.75) is 60.3 Å². The summed E-state index contributed by atoms with van der Waals surface area (Å²) in [7, 11) is 0. The quantitative estimate of drug-likeness (QED) is 0.0902. The molecule has 0 heterocycles. The van der Waals surface area contributed by atoms with Gasteiger partial charge in [-0.15, -0.1) is 0 Å². The largest absolute Gasteiger partial charge is 0.392 e. The van der Waals surface area contributed by atoms with Gasteiger partial charge in [0.2, 0.25) is 0 Å². The number of hydrogen-bond acceptors (Lipinski definition) is 1. The molecule has 0 aliphatic rings. The summed E-state index contributed by atoms with van der Waals surface area (Å²) in [5.74, 6) is 0. The van der Waals surface area contributed by atoms with Gasteiger partial charge >= 0.3 is 0 Å². The zero-order valence-corrected chi connectivity index (χ0v) is 45.7. The lowest BCUT2D eigenvalue weighted by Crippen LogP contribution is -1.95. The van der Waals surface area contributed by atoms with Crippen LogP contribution < -0.4 is 0 Å². The molecule has 1 heteroatoms. The highest BCUT2D eigenvalue weighted by Crippen LogP contribution is 2.37. The minimum atomic E-state index is 0.0604. The fraction of sp³-hybridized carbons (Fsp3) is 0.132. The Hall–Kier alpha value is -8.62. The second kappa shape index (κ2) is 30.7. The molecule has 0 saturated carbocycles. The molecule has 1 N–H and O–H groups in total. The van der Waals surface area contributed by atoms with Gasteiger partial charge in [-0.05, 0) is 133 Å². The predicted molar refractivity (Wildman–Crippen MR) is 337 cm³/mol. The van der Waals surface area contributed by atoms with Gasteiger partial charge < -0.3 is 5.11 Å². The molecule has 0 unspecified atom stereocenters. The van der Waals surface area contributed by atoms with Crippen molar-refractivity contribution in [3.63, 3.8) is 0 Å². The van der Waals surface area contributed by atoms with E-state index in [9.17, 15) is 0 Å². The van der Waals surface area contributed by atoms with Gasteiger partial charge in [0, 0.05) is 0 Å². The molecule has 9 aromatic rings. The molecule has 0 fully saturated rings. The van der Waals surface area contributed by atoms with E-state index in [0.29, 0.717) is 0 Å². The minimum absolute atomic E-state index is 0.0604. The van der Waals surface area contributed by atoms with Crippen molar-refractivity contribution < 1.29 is 5.11 Å². The number of aliphatic hydroxyl groups excluding tert-OH is 1. The Morgan fingerprint density at radius 2 is 0.519 bits per heavy atom. The van der Waals surface area contributed by atoms with E-state index in [1.807, 2.05) is 13.0 Å². The van der Waals surface area contributed by atoms with Crippen LogP contribution in [0.25, 0.3) is 51.7 Å². The highest BCUT2D eigenvalue weighted by atomic mass is 16.2. The van der Waals surface area contributed by atoms with Crippen molar-refractivity contribution in [1.29, 1.82) is 0 Å². The van der Waals surface area contributed by atoms with Gasteiger partial charge in [0.1, 0.15) is 0 Å². The molecule has 384 valence electrons. The second-order valence-electron chi connectivity index (χ2n) is 18.6. The van der Waals surface area contributed by atoms with Crippen molar-refractivity contribution >= 4 is 51.7 Å². The number of hydrogen-bond donors (Lipinski definition) is 1. The summed E-state index contributed by atoms with van der Waals surface area (Å²) in [5.41, 5.74) is 23.0. The van der Waals surface area contributed by atoms with Crippen LogP contribution in [0.1, 0.15) is 127 Å². The van der Waals surface area contributed by atoms with Gasteiger partial charge in [0.15, 0.2) is 0 Å². The molecule has 0 aliphatic carbocycles. The molecule has 0 spiro atoms. The maximum Gasteiger partial charge on any atom is 0.0615 e. The van der Waals surface area contributed by atoms with Crippen LogP contribution in [0.4, 0.5) is 0 Å². The van der Waals surface area contributed by atoms with Crippen LogP contribution in [-0.2, 0) is 0 Å². The molecule has 0 saturated heterocycles. The van der Waals surface area contributed by atoms with Crippen LogP contribution in [0.15, 0.2) is 273 Å². The number of aliphatic hydroxyl groups is 1. The highest BCUT2D eigenvalue weighted by molar-refractivity contribution is 6.00. The van der Waals surface area contributed by atoms with E-state index in [2.05, 4.69) is 307 Å². The third-order valence-corrected chi connectivity index (χ3v) is 13.4. The van der Waals surface area contributed by atoms with Crippen molar-refractivity contribution in [3.8, 4) is 0 Å². The smallest absolute Gasteiger partial charge is 0.0615 e.